The van der Waals surface area contributed by atoms with Crippen molar-refractivity contribution in [2.24, 2.45) is 11.8 Å². The molecule has 4 heteroatoms. The van der Waals surface area contributed by atoms with Gasteiger partial charge in [-0.3, -0.25) is 0 Å². The first-order valence-corrected chi connectivity index (χ1v) is 11.0. The van der Waals surface area contributed by atoms with Gasteiger partial charge in [0.15, 0.2) is 0 Å². The van der Waals surface area contributed by atoms with Crippen LogP contribution in [-0.4, -0.2) is 44.7 Å². The Bertz CT molecular complexity index is 687. The summed E-state index contributed by atoms with van der Waals surface area (Å²) in [5.41, 5.74) is 1.21. The summed E-state index contributed by atoms with van der Waals surface area (Å²) in [5.74, 6) is 0.958. The molecule has 0 radical (unpaired) electrons. The molecule has 0 spiro atoms. The fourth-order valence-electron chi connectivity index (χ4n) is 3.46. The van der Waals surface area contributed by atoms with Crippen LogP contribution in [0, 0.1) is 11.8 Å². The Kier molecular flexibility index (Phi) is 10.5. The highest BCUT2D eigenvalue weighted by Crippen LogP contribution is 2.29. The van der Waals surface area contributed by atoms with Crippen LogP contribution in [0.5, 0.6) is 0 Å². The van der Waals surface area contributed by atoms with Crippen LogP contribution < -0.4 is 0 Å². The van der Waals surface area contributed by atoms with Crippen LogP contribution in [0.25, 0.3) is 0 Å². The highest BCUT2D eigenvalue weighted by atomic mass is 16.5. The van der Waals surface area contributed by atoms with E-state index in [1.807, 2.05) is 50.2 Å². The molecule has 2 aromatic carbocycles. The van der Waals surface area contributed by atoms with Crippen molar-refractivity contribution in [2.45, 2.75) is 39.2 Å². The molecule has 0 fully saturated rings. The molecule has 1 N–H and O–H groups in total. The highest BCUT2D eigenvalue weighted by Gasteiger charge is 2.33. The topological polar surface area (TPSA) is 47.9 Å². The maximum atomic E-state index is 11.0. The monoisotopic (exact) mass is 414 g/mol. The van der Waals surface area contributed by atoms with Gasteiger partial charge in [-0.2, -0.15) is 0 Å². The van der Waals surface area contributed by atoms with Gasteiger partial charge in [0.25, 0.3) is 0 Å². The van der Waals surface area contributed by atoms with Crippen LogP contribution in [0.15, 0.2) is 60.7 Å². The molecule has 166 valence electrons. The van der Waals surface area contributed by atoms with Crippen molar-refractivity contribution in [1.29, 1.82) is 0 Å². The van der Waals surface area contributed by atoms with Crippen LogP contribution >= 0.6 is 0 Å². The molecule has 0 aliphatic rings. The predicted octanol–water partition coefficient (Wildman–Crippen LogP) is 5.02. The normalized spacial score (nSPS) is 14.8. The number of benzene rings is 2. The summed E-state index contributed by atoms with van der Waals surface area (Å²) >= 11 is 0. The largest absolute Gasteiger partial charge is 0.382 e. The van der Waals surface area contributed by atoms with Gasteiger partial charge in [0.1, 0.15) is 5.60 Å². The van der Waals surface area contributed by atoms with Crippen molar-refractivity contribution in [3.63, 3.8) is 0 Å². The number of aliphatic hydroxyl groups is 1. The molecular weight excluding hydrogens is 376 g/mol. The lowest BCUT2D eigenvalue weighted by Crippen LogP contribution is -2.37. The summed E-state index contributed by atoms with van der Waals surface area (Å²) in [6, 6.07) is 20.2. The summed E-state index contributed by atoms with van der Waals surface area (Å²) in [6.45, 7) is 11.4. The molecule has 30 heavy (non-hydrogen) atoms. The molecule has 0 aliphatic carbocycles. The van der Waals surface area contributed by atoms with Crippen LogP contribution in [-0.2, 0) is 19.8 Å². The lowest BCUT2D eigenvalue weighted by molar-refractivity contribution is -0.0912. The molecule has 2 rings (SSSR count). The molecule has 1 unspecified atom stereocenters. The third-order valence-corrected chi connectivity index (χ3v) is 5.62. The molecular formula is C26H38O4. The van der Waals surface area contributed by atoms with E-state index in [0.29, 0.717) is 44.9 Å². The fraction of sp³-hybridized carbons (Fsp3) is 0.538. The predicted molar refractivity (Wildman–Crippen MR) is 122 cm³/mol. The molecule has 0 aromatic heterocycles. The minimum atomic E-state index is -0.992. The first-order chi connectivity index (χ1) is 14.4. The molecule has 0 saturated heterocycles. The summed E-state index contributed by atoms with van der Waals surface area (Å²) < 4.78 is 17.2. The number of hydrogen-bond donors (Lipinski definition) is 1. The molecule has 0 aliphatic heterocycles. The molecule has 0 heterocycles. The van der Waals surface area contributed by atoms with Crippen LogP contribution in [0.3, 0.4) is 0 Å². The Morgan fingerprint density at radius 1 is 0.733 bits per heavy atom. The van der Waals surface area contributed by atoms with Crippen molar-refractivity contribution >= 4 is 0 Å². The Balaban J connectivity index is 1.61. The van der Waals surface area contributed by atoms with Crippen molar-refractivity contribution in [1.82, 2.24) is 0 Å². The van der Waals surface area contributed by atoms with Gasteiger partial charge in [-0.1, -0.05) is 88.4 Å². The van der Waals surface area contributed by atoms with Gasteiger partial charge in [0.05, 0.1) is 39.6 Å². The number of hydrogen-bond acceptors (Lipinski definition) is 4. The number of ether oxygens (including phenoxy) is 3. The van der Waals surface area contributed by atoms with Gasteiger partial charge < -0.3 is 19.3 Å². The first kappa shape index (κ1) is 24.5. The molecule has 2 aromatic rings. The maximum absolute atomic E-state index is 11.0. The summed E-state index contributed by atoms with van der Waals surface area (Å²) in [4.78, 5) is 0. The van der Waals surface area contributed by atoms with E-state index < -0.39 is 5.60 Å². The Hall–Kier alpha value is -1.72. The summed E-state index contributed by atoms with van der Waals surface area (Å²) in [7, 11) is 0. The van der Waals surface area contributed by atoms with Crippen molar-refractivity contribution in [3.05, 3.63) is 71.8 Å². The Morgan fingerprint density at radius 2 is 1.27 bits per heavy atom. The molecule has 4 nitrogen and oxygen atoms in total. The van der Waals surface area contributed by atoms with Gasteiger partial charge in [-0.05, 0) is 23.0 Å². The van der Waals surface area contributed by atoms with Gasteiger partial charge in [0.2, 0.25) is 0 Å². The molecule has 0 amide bonds. The standard InChI is InChI=1S/C26H38O4/c1-21(2)25(23-11-7-5-8-12-23)19-29-17-15-28-16-18-30-20-26(27,22(3)4)24-13-9-6-10-14-24/h5-14,21-22,25,27H,15-20H2,1-4H3/t25-,26?/m0/s1. The first-order valence-electron chi connectivity index (χ1n) is 11.0. The maximum Gasteiger partial charge on any atom is 0.115 e. The third-order valence-electron chi connectivity index (χ3n) is 5.62. The zero-order valence-corrected chi connectivity index (χ0v) is 18.9. The molecule has 0 bridgehead atoms. The third kappa shape index (κ3) is 7.51. The lowest BCUT2D eigenvalue weighted by Gasteiger charge is -2.32. The summed E-state index contributed by atoms with van der Waals surface area (Å²) in [5, 5.41) is 11.0. The van der Waals surface area contributed by atoms with E-state index in [2.05, 4.69) is 38.1 Å². The smallest absolute Gasteiger partial charge is 0.115 e. The Morgan fingerprint density at radius 3 is 1.83 bits per heavy atom. The van der Waals surface area contributed by atoms with Gasteiger partial charge in [-0.25, -0.2) is 0 Å². The van der Waals surface area contributed by atoms with Crippen molar-refractivity contribution < 1.29 is 19.3 Å². The van der Waals surface area contributed by atoms with E-state index in [9.17, 15) is 5.11 Å². The van der Waals surface area contributed by atoms with Gasteiger partial charge in [0, 0.05) is 5.92 Å². The highest BCUT2D eigenvalue weighted by molar-refractivity contribution is 5.23. The van der Waals surface area contributed by atoms with E-state index in [1.165, 1.54) is 5.56 Å². The number of rotatable bonds is 14. The quantitative estimate of drug-likeness (QED) is 0.441. The van der Waals surface area contributed by atoms with E-state index in [4.69, 9.17) is 14.2 Å². The molecule has 2 atom stereocenters. The van der Waals surface area contributed by atoms with E-state index >= 15 is 0 Å². The van der Waals surface area contributed by atoms with E-state index in [1.54, 1.807) is 0 Å². The van der Waals surface area contributed by atoms with Crippen molar-refractivity contribution in [3.8, 4) is 0 Å². The average molecular weight is 415 g/mol. The van der Waals surface area contributed by atoms with E-state index in [-0.39, 0.29) is 12.5 Å². The Labute approximate surface area is 182 Å². The minimum Gasteiger partial charge on any atom is -0.382 e. The van der Waals surface area contributed by atoms with Gasteiger partial charge >= 0.3 is 0 Å². The zero-order valence-electron chi connectivity index (χ0n) is 18.9. The summed E-state index contributed by atoms with van der Waals surface area (Å²) in [6.07, 6.45) is 0. The van der Waals surface area contributed by atoms with Crippen LogP contribution in [0.4, 0.5) is 0 Å². The fourth-order valence-corrected chi connectivity index (χ4v) is 3.46. The second-order valence-electron chi connectivity index (χ2n) is 8.45. The average Bonchev–Trinajstić information content (AvgIpc) is 2.75. The SMILES string of the molecule is CC(C)[C@H](COCCOCCOCC(O)(c1ccccc1)C(C)C)c1ccccc1. The zero-order chi connectivity index (χ0) is 21.8. The van der Waals surface area contributed by atoms with Crippen LogP contribution in [0.2, 0.25) is 0 Å². The lowest BCUT2D eigenvalue weighted by atomic mass is 9.84. The van der Waals surface area contributed by atoms with Gasteiger partial charge in [-0.15, -0.1) is 0 Å². The van der Waals surface area contributed by atoms with E-state index in [0.717, 1.165) is 5.56 Å². The van der Waals surface area contributed by atoms with Crippen molar-refractivity contribution in [2.75, 3.05) is 39.6 Å². The second kappa shape index (κ2) is 12.9. The second-order valence-corrected chi connectivity index (χ2v) is 8.45. The minimum absolute atomic E-state index is 0.0488. The molecule has 0 saturated carbocycles. The van der Waals surface area contributed by atoms with Crippen LogP contribution in [0.1, 0.15) is 44.7 Å².